The number of carbonyl (C=O) groups is 2. The van der Waals surface area contributed by atoms with Crippen molar-refractivity contribution in [2.24, 2.45) is 0 Å². The number of phosphoric acid groups is 1. The summed E-state index contributed by atoms with van der Waals surface area (Å²) in [6.45, 7) is 4.47. The Balaban J connectivity index is 4.23. The zero-order valence-corrected chi connectivity index (χ0v) is 41.1. The third-order valence-electron chi connectivity index (χ3n) is 11.3. The molecule has 0 saturated heterocycles. The fraction of sp³-hybridized carbons (Fsp3) is 0.920. The van der Waals surface area contributed by atoms with E-state index in [9.17, 15) is 19.0 Å². The van der Waals surface area contributed by atoms with E-state index in [2.05, 4.69) is 26.0 Å². The Morgan fingerprint density at radius 3 is 1.23 bits per heavy atom. The van der Waals surface area contributed by atoms with Crippen LogP contribution in [0.5, 0.6) is 0 Å². The van der Waals surface area contributed by atoms with E-state index in [0.29, 0.717) is 23.9 Å². The molecule has 1 N–H and O–H groups in total. The number of hydrogen-bond donors (Lipinski definition) is 1. The van der Waals surface area contributed by atoms with E-state index in [1.165, 1.54) is 180 Å². The van der Waals surface area contributed by atoms with Gasteiger partial charge < -0.3 is 18.9 Å². The van der Waals surface area contributed by atoms with Gasteiger partial charge in [0, 0.05) is 12.8 Å². The number of hydrogen-bond acceptors (Lipinski definition) is 7. The average Bonchev–Trinajstić information content (AvgIpc) is 3.20. The van der Waals surface area contributed by atoms with Gasteiger partial charge in [-0.2, -0.15) is 0 Å². The third kappa shape index (κ3) is 46.3. The van der Waals surface area contributed by atoms with Crippen LogP contribution in [0.25, 0.3) is 0 Å². The van der Waals surface area contributed by atoms with Gasteiger partial charge in [-0.05, 0) is 38.5 Å². The number of unbranched alkanes of at least 4 members (excludes halogenated alkanes) is 31. The second kappa shape index (κ2) is 43.0. The van der Waals surface area contributed by atoms with Crippen LogP contribution in [0.4, 0.5) is 0 Å². The van der Waals surface area contributed by atoms with Gasteiger partial charge in [0.2, 0.25) is 0 Å². The second-order valence-corrected chi connectivity index (χ2v) is 20.0. The maximum atomic E-state index is 12.7. The van der Waals surface area contributed by atoms with E-state index in [1.54, 1.807) is 0 Å². The Kier molecular flexibility index (Phi) is 42.1. The molecule has 0 amide bonds. The number of quaternary nitrogens is 1. The summed E-state index contributed by atoms with van der Waals surface area (Å²) in [5.74, 6) is -0.786. The fourth-order valence-corrected chi connectivity index (χ4v) is 8.05. The van der Waals surface area contributed by atoms with Gasteiger partial charge in [0.05, 0.1) is 27.7 Å². The molecule has 60 heavy (non-hydrogen) atoms. The molecule has 0 aromatic heterocycles. The molecule has 0 aliphatic heterocycles. The minimum absolute atomic E-state index is 0.0350. The maximum absolute atomic E-state index is 12.7. The number of allylic oxidation sites excluding steroid dienone is 2. The Morgan fingerprint density at radius 2 is 0.850 bits per heavy atom. The Bertz CT molecular complexity index is 1030. The zero-order valence-electron chi connectivity index (χ0n) is 40.2. The predicted molar refractivity (Wildman–Crippen MR) is 252 cm³/mol. The lowest BCUT2D eigenvalue weighted by Gasteiger charge is -2.24. The van der Waals surface area contributed by atoms with Crippen molar-refractivity contribution < 1.29 is 42.1 Å². The number of rotatable bonds is 47. The van der Waals surface area contributed by atoms with E-state index < -0.39 is 26.5 Å². The van der Waals surface area contributed by atoms with Gasteiger partial charge in [-0.15, -0.1) is 0 Å². The molecule has 0 bridgehead atoms. The molecule has 0 radical (unpaired) electrons. The molecule has 0 spiro atoms. The van der Waals surface area contributed by atoms with Crippen molar-refractivity contribution in [2.45, 2.75) is 251 Å². The van der Waals surface area contributed by atoms with E-state index in [0.717, 1.165) is 32.1 Å². The lowest BCUT2D eigenvalue weighted by atomic mass is 10.0. The number of ether oxygens (including phenoxy) is 2. The molecule has 1 unspecified atom stereocenters. The summed E-state index contributed by atoms with van der Waals surface area (Å²) < 4.78 is 34.5. The van der Waals surface area contributed by atoms with E-state index in [-0.39, 0.29) is 25.6 Å². The summed E-state index contributed by atoms with van der Waals surface area (Å²) in [6, 6.07) is 0. The Morgan fingerprint density at radius 1 is 0.500 bits per heavy atom. The van der Waals surface area contributed by atoms with Gasteiger partial charge in [0.1, 0.15) is 19.8 Å². The van der Waals surface area contributed by atoms with Crippen LogP contribution in [-0.2, 0) is 32.7 Å². The number of nitrogens with zero attached hydrogens (tertiary/aromatic N) is 1. The fourth-order valence-electron chi connectivity index (χ4n) is 7.31. The minimum atomic E-state index is -4.37. The van der Waals surface area contributed by atoms with Gasteiger partial charge in [-0.1, -0.05) is 206 Å². The van der Waals surface area contributed by atoms with Crippen molar-refractivity contribution in [1.82, 2.24) is 0 Å². The molecule has 10 heteroatoms. The zero-order chi connectivity index (χ0) is 44.3. The van der Waals surface area contributed by atoms with Crippen molar-refractivity contribution in [3.63, 3.8) is 0 Å². The van der Waals surface area contributed by atoms with Crippen LogP contribution in [-0.4, -0.2) is 74.9 Å². The first-order valence-electron chi connectivity index (χ1n) is 25.4. The number of carbonyl (C=O) groups excluding carboxylic acids is 2. The molecular weight excluding hydrogens is 774 g/mol. The highest BCUT2D eigenvalue weighted by Gasteiger charge is 2.27. The molecule has 0 aliphatic rings. The Hall–Kier alpha value is -1.25. The van der Waals surface area contributed by atoms with Gasteiger partial charge in [-0.3, -0.25) is 18.6 Å². The first-order valence-corrected chi connectivity index (χ1v) is 26.9. The molecule has 0 heterocycles. The van der Waals surface area contributed by atoms with Gasteiger partial charge in [0.15, 0.2) is 6.10 Å². The maximum Gasteiger partial charge on any atom is 0.472 e. The lowest BCUT2D eigenvalue weighted by Crippen LogP contribution is -2.37. The molecule has 2 atom stereocenters. The van der Waals surface area contributed by atoms with Gasteiger partial charge in [-0.25, -0.2) is 4.57 Å². The van der Waals surface area contributed by atoms with Crippen molar-refractivity contribution in [3.8, 4) is 0 Å². The number of esters is 2. The van der Waals surface area contributed by atoms with Crippen LogP contribution in [0, 0.1) is 0 Å². The highest BCUT2D eigenvalue weighted by atomic mass is 31.2. The molecule has 0 rings (SSSR count). The SMILES string of the molecule is CCCCCCCC/C=C/CCCCCCCCCCCC(=O)OC[C@H](COP(=O)(O)OCC[N+](C)(C)C)OC(=O)CCCCCCCCCCCCCCCCCCC. The summed E-state index contributed by atoms with van der Waals surface area (Å²) in [5.41, 5.74) is 0. The molecule has 0 fully saturated rings. The monoisotopic (exact) mass is 873 g/mol. The molecule has 0 aromatic rings. The van der Waals surface area contributed by atoms with Crippen LogP contribution < -0.4 is 0 Å². The highest BCUT2D eigenvalue weighted by molar-refractivity contribution is 7.47. The normalized spacial score (nSPS) is 13.5. The van der Waals surface area contributed by atoms with Gasteiger partial charge in [0.25, 0.3) is 0 Å². The molecule has 9 nitrogen and oxygen atoms in total. The van der Waals surface area contributed by atoms with E-state index in [1.807, 2.05) is 21.1 Å². The molecule has 0 saturated carbocycles. The second-order valence-electron chi connectivity index (χ2n) is 18.6. The van der Waals surface area contributed by atoms with Crippen LogP contribution >= 0.6 is 7.82 Å². The van der Waals surface area contributed by atoms with Crippen LogP contribution in [0.3, 0.4) is 0 Å². The van der Waals surface area contributed by atoms with Crippen LogP contribution in [0.2, 0.25) is 0 Å². The molecule has 0 aromatic carbocycles. The minimum Gasteiger partial charge on any atom is -0.462 e. The Labute approximate surface area is 371 Å². The summed E-state index contributed by atoms with van der Waals surface area (Å²) >= 11 is 0. The van der Waals surface area contributed by atoms with Crippen LogP contribution in [0.15, 0.2) is 12.2 Å². The lowest BCUT2D eigenvalue weighted by molar-refractivity contribution is -0.870. The smallest absolute Gasteiger partial charge is 0.462 e. The third-order valence-corrected chi connectivity index (χ3v) is 12.3. The van der Waals surface area contributed by atoms with E-state index >= 15 is 0 Å². The highest BCUT2D eigenvalue weighted by Crippen LogP contribution is 2.43. The first kappa shape index (κ1) is 58.8. The van der Waals surface area contributed by atoms with Crippen LogP contribution in [0.1, 0.15) is 245 Å². The summed E-state index contributed by atoms with van der Waals surface area (Å²) in [5, 5.41) is 0. The number of phosphoric ester groups is 1. The quantitative estimate of drug-likeness (QED) is 0.0212. The summed E-state index contributed by atoms with van der Waals surface area (Å²) in [6.07, 6.45) is 46.8. The van der Waals surface area contributed by atoms with Crippen molar-refractivity contribution in [2.75, 3.05) is 47.5 Å². The summed E-state index contributed by atoms with van der Waals surface area (Å²) in [7, 11) is 1.49. The van der Waals surface area contributed by atoms with Crippen molar-refractivity contribution in [3.05, 3.63) is 12.2 Å². The standard InChI is InChI=1S/C50H98NO8P/c1-6-8-10-12-14-16-18-20-22-24-25-27-28-30-32-34-36-38-40-42-49(52)56-46-48(47-58-60(54,55)57-45-44-51(3,4)5)59-50(53)43-41-39-37-35-33-31-29-26-23-21-19-17-15-13-11-9-7-2/h20,22,48H,6-19,21,23-47H2,1-5H3/p+1/b22-20+/t48-/m1/s1. The average molecular weight is 873 g/mol. The van der Waals surface area contributed by atoms with Gasteiger partial charge >= 0.3 is 19.8 Å². The first-order chi connectivity index (χ1) is 29.0. The molecule has 356 valence electrons. The van der Waals surface area contributed by atoms with E-state index in [4.69, 9.17) is 18.5 Å². The topological polar surface area (TPSA) is 108 Å². The number of likely N-dealkylation sites (N-methyl/N-ethyl adjacent to an activating group) is 1. The van der Waals surface area contributed by atoms with Crippen molar-refractivity contribution in [1.29, 1.82) is 0 Å². The largest absolute Gasteiger partial charge is 0.472 e. The van der Waals surface area contributed by atoms with Crippen molar-refractivity contribution >= 4 is 19.8 Å². The molecule has 0 aliphatic carbocycles. The predicted octanol–water partition coefficient (Wildman–Crippen LogP) is 14.9. The summed E-state index contributed by atoms with van der Waals surface area (Å²) in [4.78, 5) is 35.5. The molecular formula is C50H99NO8P+.